The van der Waals surface area contributed by atoms with Crippen LogP contribution in [0.3, 0.4) is 0 Å². The van der Waals surface area contributed by atoms with E-state index in [2.05, 4.69) is 15.6 Å². The predicted molar refractivity (Wildman–Crippen MR) is 98.6 cm³/mol. The van der Waals surface area contributed by atoms with Gasteiger partial charge in [-0.05, 0) is 30.3 Å². The zero-order valence-corrected chi connectivity index (χ0v) is 15.0. The number of nitro benzene ring substituents is 1. The predicted octanol–water partition coefficient (Wildman–Crippen LogP) is 4.50. The first-order chi connectivity index (χ1) is 13.6. The highest BCUT2D eigenvalue weighted by atomic mass is 19.4. The summed E-state index contributed by atoms with van der Waals surface area (Å²) in [7, 11) is 0. The molecule has 11 heteroatoms. The van der Waals surface area contributed by atoms with Gasteiger partial charge in [-0.25, -0.2) is 4.98 Å². The molecule has 0 aliphatic carbocycles. The van der Waals surface area contributed by atoms with Gasteiger partial charge in [-0.1, -0.05) is 0 Å². The lowest BCUT2D eigenvalue weighted by molar-refractivity contribution is -0.384. The standard InChI is InChI=1S/C18H15F3N4O4/c1-10-23-14-9-12(3-5-16(14)29-10)24-17(26)6-7-22-13-4-2-11(18(19,20)21)8-15(13)25(27)28/h2-5,8-9,22H,6-7H2,1H3,(H,24,26). The van der Waals surface area contributed by atoms with Crippen molar-refractivity contribution >= 4 is 34.1 Å². The van der Waals surface area contributed by atoms with Crippen molar-refractivity contribution < 1.29 is 27.3 Å². The average Bonchev–Trinajstić information content (AvgIpc) is 3.00. The van der Waals surface area contributed by atoms with Gasteiger partial charge in [-0.2, -0.15) is 13.2 Å². The van der Waals surface area contributed by atoms with E-state index in [1.807, 2.05) is 0 Å². The van der Waals surface area contributed by atoms with E-state index < -0.39 is 22.4 Å². The Balaban J connectivity index is 1.61. The number of benzene rings is 2. The number of hydrogen-bond donors (Lipinski definition) is 2. The van der Waals surface area contributed by atoms with Gasteiger partial charge >= 0.3 is 6.18 Å². The molecule has 0 saturated carbocycles. The van der Waals surface area contributed by atoms with E-state index in [1.54, 1.807) is 25.1 Å². The third-order valence-electron chi connectivity index (χ3n) is 3.97. The molecule has 152 valence electrons. The summed E-state index contributed by atoms with van der Waals surface area (Å²) in [5.41, 5.74) is -0.278. The van der Waals surface area contributed by atoms with Crippen LogP contribution in [0.2, 0.25) is 0 Å². The molecule has 3 rings (SSSR count). The Morgan fingerprint density at radius 3 is 2.69 bits per heavy atom. The first-order valence-corrected chi connectivity index (χ1v) is 8.40. The quantitative estimate of drug-likeness (QED) is 0.459. The van der Waals surface area contributed by atoms with Crippen molar-refractivity contribution in [1.29, 1.82) is 0 Å². The monoisotopic (exact) mass is 408 g/mol. The molecule has 0 aliphatic heterocycles. The number of halogens is 3. The van der Waals surface area contributed by atoms with Crippen LogP contribution in [0, 0.1) is 17.0 Å². The summed E-state index contributed by atoms with van der Waals surface area (Å²) in [6.07, 6.45) is -4.75. The zero-order valence-electron chi connectivity index (χ0n) is 15.0. The summed E-state index contributed by atoms with van der Waals surface area (Å²) in [5.74, 6) is 0.109. The molecule has 0 radical (unpaired) electrons. The third kappa shape index (κ3) is 4.81. The van der Waals surface area contributed by atoms with Gasteiger partial charge in [0.2, 0.25) is 5.91 Å². The highest BCUT2D eigenvalue weighted by Crippen LogP contribution is 2.34. The second kappa shape index (κ2) is 7.78. The number of oxazole rings is 1. The molecule has 8 nitrogen and oxygen atoms in total. The van der Waals surface area contributed by atoms with Crippen molar-refractivity contribution in [2.75, 3.05) is 17.2 Å². The molecule has 0 atom stereocenters. The molecule has 1 heterocycles. The lowest BCUT2D eigenvalue weighted by atomic mass is 10.1. The topological polar surface area (TPSA) is 110 Å². The van der Waals surface area contributed by atoms with E-state index in [-0.39, 0.29) is 24.6 Å². The molecular weight excluding hydrogens is 393 g/mol. The largest absolute Gasteiger partial charge is 0.441 e. The molecule has 0 saturated heterocycles. The molecule has 0 aliphatic rings. The Bertz CT molecular complexity index is 1080. The molecule has 0 unspecified atom stereocenters. The van der Waals surface area contributed by atoms with Crippen LogP contribution in [0.25, 0.3) is 11.1 Å². The van der Waals surface area contributed by atoms with E-state index in [0.717, 1.165) is 12.1 Å². The van der Waals surface area contributed by atoms with E-state index in [4.69, 9.17) is 4.42 Å². The number of aryl methyl sites for hydroxylation is 1. The molecular formula is C18H15F3N4O4. The molecule has 3 aromatic rings. The number of nitro groups is 1. The van der Waals surface area contributed by atoms with E-state index in [0.29, 0.717) is 28.7 Å². The van der Waals surface area contributed by atoms with Crippen LogP contribution in [0.5, 0.6) is 0 Å². The summed E-state index contributed by atoms with van der Waals surface area (Å²) in [4.78, 5) is 26.4. The van der Waals surface area contributed by atoms with Gasteiger partial charge in [-0.3, -0.25) is 14.9 Å². The van der Waals surface area contributed by atoms with Crippen molar-refractivity contribution in [1.82, 2.24) is 4.98 Å². The summed E-state index contributed by atoms with van der Waals surface area (Å²) < 4.78 is 43.5. The van der Waals surface area contributed by atoms with Crippen LogP contribution in [-0.4, -0.2) is 22.4 Å². The van der Waals surface area contributed by atoms with Gasteiger partial charge in [0.15, 0.2) is 11.5 Å². The van der Waals surface area contributed by atoms with E-state index in [9.17, 15) is 28.1 Å². The van der Waals surface area contributed by atoms with Gasteiger partial charge in [0, 0.05) is 31.6 Å². The number of anilines is 2. The van der Waals surface area contributed by atoms with Gasteiger partial charge < -0.3 is 15.1 Å². The number of carbonyl (C=O) groups excluding carboxylic acids is 1. The minimum absolute atomic E-state index is 0.0106. The summed E-state index contributed by atoms with van der Waals surface area (Å²) in [6.45, 7) is 1.69. The number of nitrogens with zero attached hydrogens (tertiary/aromatic N) is 2. The number of rotatable bonds is 6. The molecule has 0 spiro atoms. The van der Waals surface area contributed by atoms with Crippen LogP contribution < -0.4 is 10.6 Å². The van der Waals surface area contributed by atoms with Gasteiger partial charge in [0.1, 0.15) is 11.2 Å². The SMILES string of the molecule is Cc1nc2cc(NC(=O)CCNc3ccc(C(F)(F)F)cc3[N+](=O)[O-])ccc2o1. The molecule has 1 aromatic heterocycles. The molecule has 0 fully saturated rings. The maximum Gasteiger partial charge on any atom is 0.416 e. The number of carbonyl (C=O) groups is 1. The molecule has 2 aromatic carbocycles. The fourth-order valence-electron chi connectivity index (χ4n) is 2.66. The van der Waals surface area contributed by atoms with Crippen molar-refractivity contribution in [2.45, 2.75) is 19.5 Å². The van der Waals surface area contributed by atoms with Crippen LogP contribution in [0.4, 0.5) is 30.2 Å². The van der Waals surface area contributed by atoms with Gasteiger partial charge in [-0.15, -0.1) is 0 Å². The third-order valence-corrected chi connectivity index (χ3v) is 3.97. The highest BCUT2D eigenvalue weighted by molar-refractivity contribution is 5.93. The normalized spacial score (nSPS) is 11.4. The van der Waals surface area contributed by atoms with E-state index >= 15 is 0 Å². The Morgan fingerprint density at radius 2 is 2.00 bits per heavy atom. The number of alkyl halides is 3. The second-order valence-electron chi connectivity index (χ2n) is 6.13. The van der Waals surface area contributed by atoms with Crippen molar-refractivity contribution in [3.05, 3.63) is 58.0 Å². The minimum atomic E-state index is -4.69. The van der Waals surface area contributed by atoms with Crippen LogP contribution in [-0.2, 0) is 11.0 Å². The van der Waals surface area contributed by atoms with Crippen LogP contribution in [0.1, 0.15) is 17.9 Å². The summed E-state index contributed by atoms with van der Waals surface area (Å²) >= 11 is 0. The number of nitrogens with one attached hydrogen (secondary N) is 2. The van der Waals surface area contributed by atoms with Gasteiger partial charge in [0.25, 0.3) is 5.69 Å². The summed E-state index contributed by atoms with van der Waals surface area (Å²) in [5, 5.41) is 16.3. The highest BCUT2D eigenvalue weighted by Gasteiger charge is 2.33. The minimum Gasteiger partial charge on any atom is -0.441 e. The number of hydrogen-bond acceptors (Lipinski definition) is 6. The van der Waals surface area contributed by atoms with Crippen LogP contribution >= 0.6 is 0 Å². The lowest BCUT2D eigenvalue weighted by Crippen LogP contribution is -2.16. The van der Waals surface area contributed by atoms with Gasteiger partial charge in [0.05, 0.1) is 10.5 Å². The number of fused-ring (bicyclic) bond motifs is 1. The zero-order chi connectivity index (χ0) is 21.2. The lowest BCUT2D eigenvalue weighted by Gasteiger charge is -2.10. The second-order valence-corrected chi connectivity index (χ2v) is 6.13. The maximum atomic E-state index is 12.7. The first-order valence-electron chi connectivity index (χ1n) is 8.40. The molecule has 2 N–H and O–H groups in total. The maximum absolute atomic E-state index is 12.7. The smallest absolute Gasteiger partial charge is 0.416 e. The molecule has 29 heavy (non-hydrogen) atoms. The Morgan fingerprint density at radius 1 is 1.24 bits per heavy atom. The Labute approximate surface area is 161 Å². The van der Waals surface area contributed by atoms with Crippen LogP contribution in [0.15, 0.2) is 40.8 Å². The summed E-state index contributed by atoms with van der Waals surface area (Å²) in [6, 6.07) is 7.10. The number of aromatic nitrogens is 1. The molecule has 1 amide bonds. The molecule has 0 bridgehead atoms. The van der Waals surface area contributed by atoms with E-state index in [1.165, 1.54) is 0 Å². The fraction of sp³-hybridized carbons (Fsp3) is 0.222. The fourth-order valence-corrected chi connectivity index (χ4v) is 2.66. The Hall–Kier alpha value is -3.63. The average molecular weight is 408 g/mol. The van der Waals surface area contributed by atoms with Crippen molar-refractivity contribution in [3.8, 4) is 0 Å². The van der Waals surface area contributed by atoms with Crippen molar-refractivity contribution in [2.24, 2.45) is 0 Å². The first kappa shape index (κ1) is 20.1. The van der Waals surface area contributed by atoms with Crippen molar-refractivity contribution in [3.63, 3.8) is 0 Å². The Kier molecular flexibility index (Phi) is 5.39. The number of amides is 1.